The molecule has 0 amide bonds. The summed E-state index contributed by atoms with van der Waals surface area (Å²) in [6.45, 7) is 1.85. The van der Waals surface area contributed by atoms with Gasteiger partial charge in [-0.15, -0.1) is 11.6 Å². The first-order valence-electron chi connectivity index (χ1n) is 4.58. The van der Waals surface area contributed by atoms with Crippen molar-refractivity contribution in [1.82, 2.24) is 9.78 Å². The molecule has 0 saturated carbocycles. The summed E-state index contributed by atoms with van der Waals surface area (Å²) < 4.78 is 14.6. The smallest absolute Gasteiger partial charge is 0.123 e. The van der Waals surface area contributed by atoms with Gasteiger partial charge in [-0.3, -0.25) is 0 Å². The van der Waals surface area contributed by atoms with Crippen molar-refractivity contribution < 1.29 is 4.39 Å². The second-order valence-corrected chi connectivity index (χ2v) is 3.57. The SMILES string of the molecule is Cc1cc(F)ccc1-n1nccc1CCl. The highest BCUT2D eigenvalue weighted by Crippen LogP contribution is 2.17. The van der Waals surface area contributed by atoms with Crippen LogP contribution >= 0.6 is 11.6 Å². The highest BCUT2D eigenvalue weighted by atomic mass is 35.5. The summed E-state index contributed by atoms with van der Waals surface area (Å²) in [5, 5.41) is 4.16. The first-order chi connectivity index (χ1) is 7.22. The maximum absolute atomic E-state index is 12.9. The Morgan fingerprint density at radius 3 is 2.87 bits per heavy atom. The second-order valence-electron chi connectivity index (χ2n) is 3.30. The Labute approximate surface area is 92.3 Å². The standard InChI is InChI=1S/C11H10ClFN2/c1-8-6-9(13)2-3-11(8)15-10(7-12)4-5-14-15/h2-6H,7H2,1H3. The summed E-state index contributed by atoms with van der Waals surface area (Å²) in [6.07, 6.45) is 1.68. The van der Waals surface area contributed by atoms with Gasteiger partial charge >= 0.3 is 0 Å². The predicted molar refractivity (Wildman–Crippen MR) is 57.8 cm³/mol. The maximum Gasteiger partial charge on any atom is 0.123 e. The number of alkyl halides is 1. The van der Waals surface area contributed by atoms with Crippen molar-refractivity contribution in [2.75, 3.05) is 0 Å². The normalized spacial score (nSPS) is 10.6. The molecule has 0 fully saturated rings. The Balaban J connectivity index is 2.54. The monoisotopic (exact) mass is 224 g/mol. The van der Waals surface area contributed by atoms with Gasteiger partial charge in [0.15, 0.2) is 0 Å². The maximum atomic E-state index is 12.9. The van der Waals surface area contributed by atoms with Crippen molar-refractivity contribution in [2.45, 2.75) is 12.8 Å². The number of aryl methyl sites for hydroxylation is 1. The van der Waals surface area contributed by atoms with E-state index in [1.807, 2.05) is 13.0 Å². The van der Waals surface area contributed by atoms with E-state index in [1.54, 1.807) is 16.9 Å². The molecule has 2 aromatic rings. The fourth-order valence-corrected chi connectivity index (χ4v) is 1.71. The van der Waals surface area contributed by atoms with Crippen LogP contribution < -0.4 is 0 Å². The van der Waals surface area contributed by atoms with Crippen LogP contribution in [-0.4, -0.2) is 9.78 Å². The lowest BCUT2D eigenvalue weighted by Crippen LogP contribution is -2.02. The molecule has 2 rings (SSSR count). The van der Waals surface area contributed by atoms with Crippen LogP contribution in [0.1, 0.15) is 11.3 Å². The third kappa shape index (κ3) is 1.88. The number of hydrogen-bond acceptors (Lipinski definition) is 1. The molecule has 1 heterocycles. The molecule has 2 nitrogen and oxygen atoms in total. The Hall–Kier alpha value is -1.35. The van der Waals surface area contributed by atoms with E-state index in [2.05, 4.69) is 5.10 Å². The lowest BCUT2D eigenvalue weighted by atomic mass is 10.2. The van der Waals surface area contributed by atoms with Crippen LogP contribution in [0.5, 0.6) is 0 Å². The van der Waals surface area contributed by atoms with Gasteiger partial charge in [0, 0.05) is 6.20 Å². The van der Waals surface area contributed by atoms with Crippen molar-refractivity contribution in [3.63, 3.8) is 0 Å². The van der Waals surface area contributed by atoms with Crippen molar-refractivity contribution in [2.24, 2.45) is 0 Å². The van der Waals surface area contributed by atoms with E-state index >= 15 is 0 Å². The molecular weight excluding hydrogens is 215 g/mol. The average molecular weight is 225 g/mol. The van der Waals surface area contributed by atoms with E-state index in [0.29, 0.717) is 5.88 Å². The van der Waals surface area contributed by atoms with Gasteiger partial charge in [0.2, 0.25) is 0 Å². The zero-order valence-electron chi connectivity index (χ0n) is 8.24. The molecular formula is C11H10ClFN2. The number of nitrogens with zero attached hydrogens (tertiary/aromatic N) is 2. The molecule has 0 spiro atoms. The predicted octanol–water partition coefficient (Wildman–Crippen LogP) is 3.06. The molecule has 0 radical (unpaired) electrons. The lowest BCUT2D eigenvalue weighted by molar-refractivity contribution is 0.625. The molecule has 0 aliphatic rings. The summed E-state index contributed by atoms with van der Waals surface area (Å²) in [7, 11) is 0. The third-order valence-electron chi connectivity index (χ3n) is 2.25. The first kappa shape index (κ1) is 10.2. The number of aromatic nitrogens is 2. The van der Waals surface area contributed by atoms with Crippen LogP contribution in [0.2, 0.25) is 0 Å². The summed E-state index contributed by atoms with van der Waals surface area (Å²) in [6, 6.07) is 6.45. The first-order valence-corrected chi connectivity index (χ1v) is 5.11. The van der Waals surface area contributed by atoms with Crippen LogP contribution in [0.3, 0.4) is 0 Å². The van der Waals surface area contributed by atoms with E-state index < -0.39 is 0 Å². The highest BCUT2D eigenvalue weighted by molar-refractivity contribution is 6.16. The van der Waals surface area contributed by atoms with Crippen LogP contribution in [0.15, 0.2) is 30.5 Å². The molecule has 1 aromatic heterocycles. The summed E-state index contributed by atoms with van der Waals surface area (Å²) in [5.41, 5.74) is 2.59. The second kappa shape index (κ2) is 4.03. The Bertz CT molecular complexity index is 479. The van der Waals surface area contributed by atoms with Gasteiger partial charge in [-0.25, -0.2) is 9.07 Å². The number of rotatable bonds is 2. The molecule has 0 N–H and O–H groups in total. The molecule has 4 heteroatoms. The van der Waals surface area contributed by atoms with Crippen molar-refractivity contribution in [3.05, 3.63) is 47.5 Å². The van der Waals surface area contributed by atoms with Gasteiger partial charge in [-0.05, 0) is 36.8 Å². The molecule has 0 saturated heterocycles. The highest BCUT2D eigenvalue weighted by Gasteiger charge is 2.06. The number of hydrogen-bond donors (Lipinski definition) is 0. The van der Waals surface area contributed by atoms with Crippen molar-refractivity contribution in [3.8, 4) is 5.69 Å². The van der Waals surface area contributed by atoms with Crippen molar-refractivity contribution >= 4 is 11.6 Å². The fourth-order valence-electron chi connectivity index (χ4n) is 1.51. The molecule has 0 atom stereocenters. The van der Waals surface area contributed by atoms with E-state index in [4.69, 9.17) is 11.6 Å². The minimum absolute atomic E-state index is 0.240. The minimum Gasteiger partial charge on any atom is -0.236 e. The van der Waals surface area contributed by atoms with E-state index in [9.17, 15) is 4.39 Å². The van der Waals surface area contributed by atoms with Crippen molar-refractivity contribution in [1.29, 1.82) is 0 Å². The molecule has 15 heavy (non-hydrogen) atoms. The van der Waals surface area contributed by atoms with E-state index in [1.165, 1.54) is 12.1 Å². The average Bonchev–Trinajstić information content (AvgIpc) is 2.65. The lowest BCUT2D eigenvalue weighted by Gasteiger charge is -2.08. The largest absolute Gasteiger partial charge is 0.236 e. The van der Waals surface area contributed by atoms with Crippen LogP contribution in [0, 0.1) is 12.7 Å². The number of halogens is 2. The Morgan fingerprint density at radius 1 is 1.40 bits per heavy atom. The molecule has 0 unspecified atom stereocenters. The van der Waals surface area contributed by atoms with Gasteiger partial charge in [0.25, 0.3) is 0 Å². The summed E-state index contributed by atoms with van der Waals surface area (Å²) >= 11 is 5.77. The zero-order valence-corrected chi connectivity index (χ0v) is 9.00. The van der Waals surface area contributed by atoms with Gasteiger partial charge in [-0.1, -0.05) is 0 Å². The third-order valence-corrected chi connectivity index (χ3v) is 2.52. The zero-order chi connectivity index (χ0) is 10.8. The van der Waals surface area contributed by atoms with Gasteiger partial charge in [0.1, 0.15) is 5.82 Å². The Kier molecular flexibility index (Phi) is 2.73. The van der Waals surface area contributed by atoms with Crippen LogP contribution in [0.4, 0.5) is 4.39 Å². The molecule has 0 aliphatic carbocycles. The topological polar surface area (TPSA) is 17.8 Å². The van der Waals surface area contributed by atoms with Gasteiger partial charge < -0.3 is 0 Å². The minimum atomic E-state index is -0.240. The van der Waals surface area contributed by atoms with E-state index in [-0.39, 0.29) is 5.82 Å². The van der Waals surface area contributed by atoms with Crippen LogP contribution in [0.25, 0.3) is 5.69 Å². The molecule has 1 aromatic carbocycles. The fraction of sp³-hybridized carbons (Fsp3) is 0.182. The summed E-state index contributed by atoms with van der Waals surface area (Å²) in [4.78, 5) is 0. The van der Waals surface area contributed by atoms with Gasteiger partial charge in [-0.2, -0.15) is 5.10 Å². The van der Waals surface area contributed by atoms with E-state index in [0.717, 1.165) is 16.9 Å². The quantitative estimate of drug-likeness (QED) is 0.717. The number of benzene rings is 1. The molecule has 78 valence electrons. The van der Waals surface area contributed by atoms with Crippen LogP contribution in [-0.2, 0) is 5.88 Å². The van der Waals surface area contributed by atoms with Gasteiger partial charge in [0.05, 0.1) is 17.3 Å². The Morgan fingerprint density at radius 2 is 2.20 bits per heavy atom. The molecule has 0 bridgehead atoms. The molecule has 0 aliphatic heterocycles. The summed E-state index contributed by atoms with van der Waals surface area (Å²) in [5.74, 6) is 0.146.